The molecule has 1 aromatic heterocycles. The van der Waals surface area contributed by atoms with E-state index in [9.17, 15) is 14.4 Å². The van der Waals surface area contributed by atoms with Gasteiger partial charge in [-0.25, -0.2) is 4.98 Å². The van der Waals surface area contributed by atoms with Crippen molar-refractivity contribution in [3.05, 3.63) is 70.3 Å². The van der Waals surface area contributed by atoms with E-state index in [0.29, 0.717) is 48.2 Å². The maximum atomic E-state index is 12.7. The number of piperazine rings is 1. The van der Waals surface area contributed by atoms with E-state index in [2.05, 4.69) is 14.9 Å². The number of aryl methyl sites for hydroxylation is 1. The molecule has 1 saturated heterocycles. The van der Waals surface area contributed by atoms with Gasteiger partial charge in [0.25, 0.3) is 11.5 Å². The van der Waals surface area contributed by atoms with E-state index < -0.39 is 0 Å². The van der Waals surface area contributed by atoms with E-state index in [0.717, 1.165) is 18.8 Å². The van der Waals surface area contributed by atoms with Gasteiger partial charge in [-0.1, -0.05) is 12.1 Å². The van der Waals surface area contributed by atoms with Crippen LogP contribution in [0.5, 0.6) is 0 Å². The summed E-state index contributed by atoms with van der Waals surface area (Å²) in [6, 6.07) is 14.8. The van der Waals surface area contributed by atoms with Gasteiger partial charge >= 0.3 is 0 Å². The molecule has 8 heteroatoms. The SMILES string of the molecule is CN(C)C(=O)c1ccc(N2CCN(C(=O)CCc3nc4ccccc4c(=O)[nH]3)CC2)cc1. The van der Waals surface area contributed by atoms with Gasteiger partial charge in [-0.05, 0) is 36.4 Å². The monoisotopic (exact) mass is 433 g/mol. The minimum atomic E-state index is -0.176. The highest BCUT2D eigenvalue weighted by Gasteiger charge is 2.21. The second-order valence-electron chi connectivity index (χ2n) is 8.14. The number of nitrogens with one attached hydrogen (secondary N) is 1. The van der Waals surface area contributed by atoms with Crippen LogP contribution in [-0.2, 0) is 11.2 Å². The molecule has 1 N–H and O–H groups in total. The van der Waals surface area contributed by atoms with Crippen LogP contribution in [0.25, 0.3) is 10.9 Å². The summed E-state index contributed by atoms with van der Waals surface area (Å²) < 4.78 is 0. The van der Waals surface area contributed by atoms with Gasteiger partial charge < -0.3 is 19.7 Å². The number of amides is 2. The van der Waals surface area contributed by atoms with Crippen LogP contribution in [0.3, 0.4) is 0 Å². The molecule has 0 radical (unpaired) electrons. The molecule has 3 aromatic rings. The van der Waals surface area contributed by atoms with Gasteiger partial charge in [0.05, 0.1) is 10.9 Å². The van der Waals surface area contributed by atoms with E-state index >= 15 is 0 Å². The highest BCUT2D eigenvalue weighted by molar-refractivity contribution is 5.94. The first-order valence-corrected chi connectivity index (χ1v) is 10.7. The molecule has 0 unspecified atom stereocenters. The van der Waals surface area contributed by atoms with Crippen LogP contribution in [0.15, 0.2) is 53.3 Å². The first-order chi connectivity index (χ1) is 15.4. The van der Waals surface area contributed by atoms with Crippen LogP contribution in [0.1, 0.15) is 22.6 Å². The summed E-state index contributed by atoms with van der Waals surface area (Å²) in [7, 11) is 3.47. The Labute approximate surface area is 186 Å². The lowest BCUT2D eigenvalue weighted by atomic mass is 10.1. The average Bonchev–Trinajstić information content (AvgIpc) is 2.82. The summed E-state index contributed by atoms with van der Waals surface area (Å²) in [6.07, 6.45) is 0.711. The molecule has 32 heavy (non-hydrogen) atoms. The zero-order valence-electron chi connectivity index (χ0n) is 18.4. The largest absolute Gasteiger partial charge is 0.368 e. The fourth-order valence-electron chi connectivity index (χ4n) is 3.92. The van der Waals surface area contributed by atoms with Crippen LogP contribution in [0.4, 0.5) is 5.69 Å². The number of carbonyl (C=O) groups excluding carboxylic acids is 2. The van der Waals surface area contributed by atoms with Crippen molar-refractivity contribution in [1.29, 1.82) is 0 Å². The molecule has 2 heterocycles. The smallest absolute Gasteiger partial charge is 0.258 e. The zero-order valence-corrected chi connectivity index (χ0v) is 18.4. The second-order valence-corrected chi connectivity index (χ2v) is 8.14. The number of rotatable bonds is 5. The number of carbonyl (C=O) groups is 2. The molecule has 2 aromatic carbocycles. The molecule has 8 nitrogen and oxygen atoms in total. The number of H-pyrrole nitrogens is 1. The van der Waals surface area contributed by atoms with Crippen molar-refractivity contribution in [2.75, 3.05) is 45.2 Å². The Kier molecular flexibility index (Phi) is 6.20. The maximum absolute atomic E-state index is 12.7. The predicted octanol–water partition coefficient (Wildman–Crippen LogP) is 1.91. The molecular weight excluding hydrogens is 406 g/mol. The fraction of sp³-hybridized carbons (Fsp3) is 0.333. The average molecular weight is 434 g/mol. The predicted molar refractivity (Wildman–Crippen MR) is 124 cm³/mol. The number of fused-ring (bicyclic) bond motifs is 1. The summed E-state index contributed by atoms with van der Waals surface area (Å²) in [6.45, 7) is 2.74. The molecule has 0 atom stereocenters. The maximum Gasteiger partial charge on any atom is 0.258 e. The van der Waals surface area contributed by atoms with Gasteiger partial charge in [0, 0.05) is 64.4 Å². The lowest BCUT2D eigenvalue weighted by molar-refractivity contribution is -0.131. The number of aromatic amines is 1. The van der Waals surface area contributed by atoms with E-state index in [1.54, 1.807) is 37.2 Å². The summed E-state index contributed by atoms with van der Waals surface area (Å²) in [4.78, 5) is 49.8. The summed E-state index contributed by atoms with van der Waals surface area (Å²) >= 11 is 0. The van der Waals surface area contributed by atoms with Gasteiger partial charge in [-0.3, -0.25) is 14.4 Å². The summed E-state index contributed by atoms with van der Waals surface area (Å²) in [5, 5.41) is 0.554. The molecule has 0 spiro atoms. The third kappa shape index (κ3) is 4.64. The number of hydrogen-bond acceptors (Lipinski definition) is 5. The first kappa shape index (κ1) is 21.5. The third-order valence-corrected chi connectivity index (χ3v) is 5.76. The molecule has 4 rings (SSSR count). The Hall–Kier alpha value is -3.68. The van der Waals surface area contributed by atoms with Crippen LogP contribution in [0, 0.1) is 0 Å². The van der Waals surface area contributed by atoms with Gasteiger partial charge in [-0.15, -0.1) is 0 Å². The van der Waals surface area contributed by atoms with E-state index in [4.69, 9.17) is 0 Å². The zero-order chi connectivity index (χ0) is 22.7. The summed E-state index contributed by atoms with van der Waals surface area (Å²) in [5.74, 6) is 0.578. The molecule has 2 amide bonds. The first-order valence-electron chi connectivity index (χ1n) is 10.7. The van der Waals surface area contributed by atoms with Gasteiger partial charge in [0.2, 0.25) is 5.91 Å². The Morgan fingerprint density at radius 3 is 2.38 bits per heavy atom. The van der Waals surface area contributed by atoms with Gasteiger partial charge in [0.15, 0.2) is 0 Å². The lowest BCUT2D eigenvalue weighted by Gasteiger charge is -2.36. The fourth-order valence-corrected chi connectivity index (χ4v) is 3.92. The number of anilines is 1. The third-order valence-electron chi connectivity index (χ3n) is 5.76. The van der Waals surface area contributed by atoms with Gasteiger partial charge in [-0.2, -0.15) is 0 Å². The number of hydrogen-bond donors (Lipinski definition) is 1. The number of para-hydroxylation sites is 1. The molecule has 1 aliphatic rings. The standard InChI is InChI=1S/C24H27N5O3/c1-27(2)24(32)17-7-9-18(10-8-17)28-13-15-29(16-14-28)22(30)12-11-21-25-20-6-4-3-5-19(20)23(31)26-21/h3-10H,11-16H2,1-2H3,(H,25,26,31). The van der Waals surface area contributed by atoms with Crippen molar-refractivity contribution >= 4 is 28.4 Å². The molecule has 1 fully saturated rings. The number of aromatic nitrogens is 2. The van der Waals surface area contributed by atoms with Crippen molar-refractivity contribution < 1.29 is 9.59 Å². The van der Waals surface area contributed by atoms with Crippen molar-refractivity contribution in [3.63, 3.8) is 0 Å². The van der Waals surface area contributed by atoms with Crippen molar-refractivity contribution in [3.8, 4) is 0 Å². The van der Waals surface area contributed by atoms with Crippen LogP contribution < -0.4 is 10.5 Å². The normalized spacial score (nSPS) is 13.9. The Balaban J connectivity index is 1.31. The Morgan fingerprint density at radius 1 is 1.00 bits per heavy atom. The van der Waals surface area contributed by atoms with Crippen molar-refractivity contribution in [2.45, 2.75) is 12.8 Å². The molecular formula is C24H27N5O3. The minimum Gasteiger partial charge on any atom is -0.368 e. The Morgan fingerprint density at radius 2 is 1.69 bits per heavy atom. The van der Waals surface area contributed by atoms with E-state index in [1.165, 1.54) is 0 Å². The Bertz CT molecular complexity index is 1180. The minimum absolute atomic E-state index is 0.0192. The van der Waals surface area contributed by atoms with Gasteiger partial charge in [0.1, 0.15) is 5.82 Å². The van der Waals surface area contributed by atoms with E-state index in [1.807, 2.05) is 35.2 Å². The van der Waals surface area contributed by atoms with Crippen molar-refractivity contribution in [1.82, 2.24) is 19.8 Å². The molecule has 0 saturated carbocycles. The summed E-state index contributed by atoms with van der Waals surface area (Å²) in [5.41, 5.74) is 2.17. The molecule has 1 aliphatic heterocycles. The molecule has 0 aliphatic carbocycles. The number of nitrogens with zero attached hydrogens (tertiary/aromatic N) is 4. The lowest BCUT2D eigenvalue weighted by Crippen LogP contribution is -2.48. The van der Waals surface area contributed by atoms with Crippen molar-refractivity contribution in [2.24, 2.45) is 0 Å². The quantitative estimate of drug-likeness (QED) is 0.664. The molecule has 166 valence electrons. The topological polar surface area (TPSA) is 89.6 Å². The molecule has 0 bridgehead atoms. The second kappa shape index (κ2) is 9.21. The number of benzene rings is 2. The van der Waals surface area contributed by atoms with Crippen LogP contribution >= 0.6 is 0 Å². The van der Waals surface area contributed by atoms with E-state index in [-0.39, 0.29) is 17.4 Å². The highest BCUT2D eigenvalue weighted by Crippen LogP contribution is 2.18. The highest BCUT2D eigenvalue weighted by atomic mass is 16.2. The van der Waals surface area contributed by atoms with Crippen LogP contribution in [0.2, 0.25) is 0 Å². The van der Waals surface area contributed by atoms with Crippen LogP contribution in [-0.4, -0.2) is 71.9 Å².